The highest BCUT2D eigenvalue weighted by Gasteiger charge is 2.44. The van der Waals surface area contributed by atoms with Crippen molar-refractivity contribution in [2.75, 3.05) is 6.61 Å². The van der Waals surface area contributed by atoms with Crippen molar-refractivity contribution < 1.29 is 19.7 Å². The molecule has 0 aromatic rings. The Morgan fingerprint density at radius 3 is 2.77 bits per heavy atom. The van der Waals surface area contributed by atoms with Gasteiger partial charge in [0.25, 0.3) is 0 Å². The summed E-state index contributed by atoms with van der Waals surface area (Å²) in [5, 5.41) is 20.9. The Labute approximate surface area is 182 Å². The van der Waals surface area contributed by atoms with Crippen LogP contribution in [0.2, 0.25) is 0 Å². The molecule has 0 spiro atoms. The second-order valence-electron chi connectivity index (χ2n) is 9.53. The maximum atomic E-state index is 11.7. The van der Waals surface area contributed by atoms with E-state index in [4.69, 9.17) is 4.74 Å². The molecule has 0 heterocycles. The molecular formula is C26H40O4. The third-order valence-electron chi connectivity index (χ3n) is 6.42. The van der Waals surface area contributed by atoms with E-state index in [9.17, 15) is 15.0 Å². The number of carbonyl (C=O) groups excluding carboxylic acids is 1. The molecule has 2 rings (SSSR count). The molecule has 1 unspecified atom stereocenters. The number of aliphatic hydroxyl groups excluding tert-OH is 2. The van der Waals surface area contributed by atoms with Gasteiger partial charge in [-0.25, -0.2) is 0 Å². The predicted molar refractivity (Wildman–Crippen MR) is 120 cm³/mol. The van der Waals surface area contributed by atoms with Crippen LogP contribution in [0.25, 0.3) is 0 Å². The minimum absolute atomic E-state index is 0.0919. The van der Waals surface area contributed by atoms with E-state index in [2.05, 4.69) is 17.9 Å². The number of hydrogen-bond acceptors (Lipinski definition) is 4. The molecule has 0 aromatic carbocycles. The van der Waals surface area contributed by atoms with Gasteiger partial charge in [-0.3, -0.25) is 4.79 Å². The Kier molecular flexibility index (Phi) is 10.1. The van der Waals surface area contributed by atoms with Gasteiger partial charge in [-0.2, -0.15) is 0 Å². The molecule has 0 saturated heterocycles. The minimum Gasteiger partial charge on any atom is -0.465 e. The highest BCUT2D eigenvalue weighted by atomic mass is 16.5. The van der Waals surface area contributed by atoms with Crippen molar-refractivity contribution >= 4 is 5.97 Å². The molecule has 0 radical (unpaired) electrons. The zero-order valence-corrected chi connectivity index (χ0v) is 19.1. The summed E-state index contributed by atoms with van der Waals surface area (Å²) in [5.74, 6) is 7.36. The Morgan fingerprint density at radius 1 is 1.30 bits per heavy atom. The molecule has 2 N–H and O–H groups in total. The van der Waals surface area contributed by atoms with Crippen LogP contribution in [0.15, 0.2) is 23.8 Å². The summed E-state index contributed by atoms with van der Waals surface area (Å²) in [7, 11) is 0. The van der Waals surface area contributed by atoms with Gasteiger partial charge in [-0.1, -0.05) is 44.6 Å². The number of fused-ring (bicyclic) bond motifs is 1. The van der Waals surface area contributed by atoms with E-state index in [0.717, 1.165) is 32.1 Å². The first kappa shape index (κ1) is 24.7. The van der Waals surface area contributed by atoms with E-state index in [0.29, 0.717) is 37.2 Å². The summed E-state index contributed by atoms with van der Waals surface area (Å²) in [4.78, 5) is 11.7. The Bertz CT molecular complexity index is 666. The van der Waals surface area contributed by atoms with E-state index in [1.54, 1.807) is 0 Å². The second kappa shape index (κ2) is 12.3. The highest BCUT2D eigenvalue weighted by molar-refractivity contribution is 5.69. The summed E-state index contributed by atoms with van der Waals surface area (Å²) >= 11 is 0. The van der Waals surface area contributed by atoms with E-state index >= 15 is 0 Å². The van der Waals surface area contributed by atoms with E-state index < -0.39 is 6.10 Å². The molecule has 2 fully saturated rings. The normalized spacial score (nSPS) is 29.1. The molecule has 168 valence electrons. The molecule has 2 aliphatic rings. The number of hydrogen-bond donors (Lipinski definition) is 2. The van der Waals surface area contributed by atoms with Crippen LogP contribution in [0.3, 0.4) is 0 Å². The summed E-state index contributed by atoms with van der Waals surface area (Å²) in [5.41, 5.74) is 1.46. The van der Waals surface area contributed by atoms with Crippen molar-refractivity contribution in [3.8, 4) is 11.8 Å². The topological polar surface area (TPSA) is 66.8 Å². The van der Waals surface area contributed by atoms with Gasteiger partial charge in [0.05, 0.1) is 18.8 Å². The summed E-state index contributed by atoms with van der Waals surface area (Å²) < 4.78 is 5.22. The summed E-state index contributed by atoms with van der Waals surface area (Å²) in [6, 6.07) is 0. The number of aliphatic hydroxyl groups is 2. The third kappa shape index (κ3) is 7.60. The van der Waals surface area contributed by atoms with Crippen molar-refractivity contribution in [3.63, 3.8) is 0 Å². The highest BCUT2D eigenvalue weighted by Crippen LogP contribution is 2.50. The number of rotatable bonds is 10. The largest absolute Gasteiger partial charge is 0.465 e. The number of esters is 1. The standard InChI is InChI=1S/C26H40O4/c1-5-6-9-19(4)24(27)13-12-22-23-15-20(14-21(23)16-25(22)28)10-7-8-11-26(29)30-17-18(2)3/h10,12-13,18-19,21-25,27-28H,7-9,11,14-17H2,1-4H3/b13-12+,20-10+/t19?,21-,22+,23-,24+,25+/m0/s1. The average molecular weight is 417 g/mol. The Morgan fingerprint density at radius 2 is 2.07 bits per heavy atom. The van der Waals surface area contributed by atoms with Crippen molar-refractivity contribution in [3.05, 3.63) is 23.8 Å². The van der Waals surface area contributed by atoms with Crippen LogP contribution >= 0.6 is 0 Å². The van der Waals surface area contributed by atoms with Crippen molar-refractivity contribution in [1.29, 1.82) is 0 Å². The molecule has 4 nitrogen and oxygen atoms in total. The monoisotopic (exact) mass is 416 g/mol. The molecule has 0 bridgehead atoms. The lowest BCUT2D eigenvalue weighted by atomic mass is 9.89. The van der Waals surface area contributed by atoms with Gasteiger partial charge >= 0.3 is 5.97 Å². The van der Waals surface area contributed by atoms with Crippen LogP contribution < -0.4 is 0 Å². The van der Waals surface area contributed by atoms with E-state index in [1.165, 1.54) is 5.57 Å². The molecule has 4 heteroatoms. The summed E-state index contributed by atoms with van der Waals surface area (Å²) in [6.45, 7) is 8.39. The van der Waals surface area contributed by atoms with Crippen LogP contribution in [0.4, 0.5) is 0 Å². The molecule has 30 heavy (non-hydrogen) atoms. The smallest absolute Gasteiger partial charge is 0.305 e. The number of unbranched alkanes of at least 4 members (excludes halogenated alkanes) is 1. The van der Waals surface area contributed by atoms with Crippen molar-refractivity contribution in [2.45, 2.75) is 84.8 Å². The van der Waals surface area contributed by atoms with Gasteiger partial charge in [-0.15, -0.1) is 11.8 Å². The summed E-state index contributed by atoms with van der Waals surface area (Å²) in [6.07, 6.45) is 11.2. The van der Waals surface area contributed by atoms with Crippen LogP contribution in [0.1, 0.15) is 72.6 Å². The predicted octanol–water partition coefficient (Wildman–Crippen LogP) is 4.66. The maximum absolute atomic E-state index is 11.7. The fourth-order valence-electron chi connectivity index (χ4n) is 4.64. The van der Waals surface area contributed by atoms with Crippen molar-refractivity contribution in [2.24, 2.45) is 29.6 Å². The van der Waals surface area contributed by atoms with E-state index in [1.807, 2.05) is 39.8 Å². The fourth-order valence-corrected chi connectivity index (χ4v) is 4.64. The maximum Gasteiger partial charge on any atom is 0.305 e. The molecule has 2 aliphatic carbocycles. The SMILES string of the molecule is CC#CCC(C)[C@H](O)/C=C/[C@@H]1[C@H]2C/C(=C/CCCC(=O)OCC(C)C)C[C@H]2C[C@H]1O. The van der Waals surface area contributed by atoms with Gasteiger partial charge < -0.3 is 14.9 Å². The first-order valence-corrected chi connectivity index (χ1v) is 11.6. The van der Waals surface area contributed by atoms with Gasteiger partial charge in [-0.05, 0) is 62.7 Å². The lowest BCUT2D eigenvalue weighted by Gasteiger charge is -2.19. The van der Waals surface area contributed by atoms with Crippen molar-refractivity contribution in [1.82, 2.24) is 0 Å². The second-order valence-corrected chi connectivity index (χ2v) is 9.53. The first-order valence-electron chi connectivity index (χ1n) is 11.6. The quantitative estimate of drug-likeness (QED) is 0.235. The number of allylic oxidation sites excluding steroid dienone is 2. The first-order chi connectivity index (χ1) is 14.3. The minimum atomic E-state index is -0.524. The van der Waals surface area contributed by atoms with Crippen LogP contribution in [-0.4, -0.2) is 35.0 Å². The van der Waals surface area contributed by atoms with Crippen LogP contribution in [0, 0.1) is 41.4 Å². The van der Waals surface area contributed by atoms with Gasteiger partial charge in [0, 0.05) is 18.8 Å². The average Bonchev–Trinajstić information content (AvgIpc) is 3.22. The third-order valence-corrected chi connectivity index (χ3v) is 6.42. The van der Waals surface area contributed by atoms with Gasteiger partial charge in [0.2, 0.25) is 0 Å². The Hall–Kier alpha value is -1.57. The van der Waals surface area contributed by atoms with Gasteiger partial charge in [0.1, 0.15) is 0 Å². The van der Waals surface area contributed by atoms with Crippen LogP contribution in [0.5, 0.6) is 0 Å². The molecular weight excluding hydrogens is 376 g/mol. The molecule has 2 saturated carbocycles. The number of ether oxygens (including phenoxy) is 1. The fraction of sp³-hybridized carbons (Fsp3) is 0.731. The zero-order chi connectivity index (χ0) is 22.1. The molecule has 0 aromatic heterocycles. The molecule has 0 amide bonds. The lowest BCUT2D eigenvalue weighted by molar-refractivity contribution is -0.144. The van der Waals surface area contributed by atoms with Crippen LogP contribution in [-0.2, 0) is 9.53 Å². The Balaban J connectivity index is 1.80. The molecule has 0 aliphatic heterocycles. The zero-order valence-electron chi connectivity index (χ0n) is 19.1. The number of carbonyl (C=O) groups is 1. The molecule has 6 atom stereocenters. The lowest BCUT2D eigenvalue weighted by Crippen LogP contribution is -2.19. The van der Waals surface area contributed by atoms with E-state index in [-0.39, 0.29) is 23.9 Å². The van der Waals surface area contributed by atoms with Gasteiger partial charge in [0.15, 0.2) is 0 Å².